The van der Waals surface area contributed by atoms with Crippen molar-refractivity contribution in [3.63, 3.8) is 0 Å². The van der Waals surface area contributed by atoms with Crippen molar-refractivity contribution in [1.82, 2.24) is 5.32 Å². The van der Waals surface area contributed by atoms with Crippen molar-refractivity contribution >= 4 is 23.2 Å². The van der Waals surface area contributed by atoms with E-state index in [0.717, 1.165) is 24.8 Å². The van der Waals surface area contributed by atoms with Gasteiger partial charge in [0.05, 0.1) is 5.56 Å². The summed E-state index contributed by atoms with van der Waals surface area (Å²) in [4.78, 5) is 24.4. The number of hydrogen-bond donors (Lipinski definition) is 3. The highest BCUT2D eigenvalue weighted by molar-refractivity contribution is 7.10. The fraction of sp³-hybridized carbons (Fsp3) is 0.571. The molecule has 0 bridgehead atoms. The number of nitrogens with one attached hydrogen (secondary N) is 1. The summed E-state index contributed by atoms with van der Waals surface area (Å²) < 4.78 is 0. The second-order valence-corrected chi connectivity index (χ2v) is 6.24. The fourth-order valence-electron chi connectivity index (χ4n) is 2.49. The van der Waals surface area contributed by atoms with Crippen LogP contribution in [0.2, 0.25) is 0 Å². The molecule has 0 aromatic carbocycles. The maximum atomic E-state index is 12.2. The Morgan fingerprint density at radius 2 is 2.30 bits per heavy atom. The molecular weight excluding hydrogens is 278 g/mol. The molecular formula is C14H19NO4S. The number of rotatable bonds is 5. The largest absolute Gasteiger partial charge is 0.480 e. The molecule has 20 heavy (non-hydrogen) atoms. The van der Waals surface area contributed by atoms with E-state index in [9.17, 15) is 9.59 Å². The molecule has 1 heterocycles. The lowest BCUT2D eigenvalue weighted by atomic mass is 9.88. The number of aliphatic hydroxyl groups is 1. The molecule has 0 saturated carbocycles. The zero-order valence-corrected chi connectivity index (χ0v) is 12.2. The van der Waals surface area contributed by atoms with E-state index < -0.39 is 12.0 Å². The molecule has 1 aromatic heterocycles. The number of aliphatic carboxylic acids is 1. The highest BCUT2D eigenvalue weighted by Crippen LogP contribution is 2.32. The predicted octanol–water partition coefficient (Wildman–Crippen LogP) is 1.44. The van der Waals surface area contributed by atoms with Crippen LogP contribution in [0.1, 0.15) is 40.6 Å². The molecule has 0 fully saturated rings. The van der Waals surface area contributed by atoms with Crippen LogP contribution in [-0.4, -0.2) is 34.7 Å². The molecule has 1 aromatic rings. The van der Waals surface area contributed by atoms with Crippen molar-refractivity contribution in [2.45, 2.75) is 38.6 Å². The molecule has 3 N–H and O–H groups in total. The van der Waals surface area contributed by atoms with Gasteiger partial charge in [0.15, 0.2) is 0 Å². The van der Waals surface area contributed by atoms with E-state index in [1.165, 1.54) is 4.88 Å². The third-order valence-electron chi connectivity index (χ3n) is 3.67. The van der Waals surface area contributed by atoms with Crippen molar-refractivity contribution in [1.29, 1.82) is 0 Å². The van der Waals surface area contributed by atoms with Crippen LogP contribution >= 0.6 is 11.3 Å². The fourth-order valence-corrected chi connectivity index (χ4v) is 3.73. The average Bonchev–Trinajstić information content (AvgIpc) is 2.80. The summed E-state index contributed by atoms with van der Waals surface area (Å²) in [5, 5.41) is 22.1. The molecule has 2 rings (SSSR count). The molecule has 1 aliphatic carbocycles. The van der Waals surface area contributed by atoms with Crippen molar-refractivity contribution in [2.75, 3.05) is 6.61 Å². The number of fused-ring (bicyclic) bond motifs is 1. The van der Waals surface area contributed by atoms with Gasteiger partial charge in [0.1, 0.15) is 6.04 Å². The van der Waals surface area contributed by atoms with Gasteiger partial charge < -0.3 is 15.5 Å². The van der Waals surface area contributed by atoms with Crippen molar-refractivity contribution in [3.05, 3.63) is 21.4 Å². The minimum absolute atomic E-state index is 0.0183. The molecule has 110 valence electrons. The van der Waals surface area contributed by atoms with Crippen LogP contribution in [0.15, 0.2) is 5.38 Å². The highest BCUT2D eigenvalue weighted by Gasteiger charge is 2.26. The molecule has 2 atom stereocenters. The predicted molar refractivity (Wildman–Crippen MR) is 76.1 cm³/mol. The summed E-state index contributed by atoms with van der Waals surface area (Å²) in [5.41, 5.74) is 1.67. The average molecular weight is 297 g/mol. The number of carbonyl (C=O) groups excluding carboxylic acids is 1. The molecule has 0 aliphatic heterocycles. The zero-order chi connectivity index (χ0) is 14.7. The standard InChI is InChI=1S/C14H19NO4S/c1-8-2-3-9-10(7-20-12(9)6-8)13(17)15-11(4-5-16)14(18)19/h7-8,11,16H,2-6H2,1H3,(H,15,17)(H,18,19). The minimum atomic E-state index is -1.12. The SMILES string of the molecule is CC1CCc2c(C(=O)NC(CCO)C(=O)O)csc2C1. The lowest BCUT2D eigenvalue weighted by Gasteiger charge is -2.19. The summed E-state index contributed by atoms with van der Waals surface area (Å²) >= 11 is 1.58. The first-order valence-electron chi connectivity index (χ1n) is 6.76. The Morgan fingerprint density at radius 1 is 1.55 bits per heavy atom. The third kappa shape index (κ3) is 3.19. The van der Waals surface area contributed by atoms with E-state index >= 15 is 0 Å². The molecule has 1 aliphatic rings. The number of carbonyl (C=O) groups is 2. The molecule has 5 nitrogen and oxygen atoms in total. The van der Waals surface area contributed by atoms with Crippen LogP contribution in [0.4, 0.5) is 0 Å². The van der Waals surface area contributed by atoms with E-state index in [1.54, 1.807) is 11.3 Å². The van der Waals surface area contributed by atoms with Gasteiger partial charge in [-0.2, -0.15) is 0 Å². The van der Waals surface area contributed by atoms with E-state index in [-0.39, 0.29) is 18.9 Å². The normalized spacial score (nSPS) is 19.2. The van der Waals surface area contributed by atoms with Gasteiger partial charge in [-0.05, 0) is 30.7 Å². The Kier molecular flexibility index (Phi) is 4.77. The topological polar surface area (TPSA) is 86.6 Å². The van der Waals surface area contributed by atoms with Gasteiger partial charge in [-0.15, -0.1) is 11.3 Å². The Bertz CT molecular complexity index is 511. The lowest BCUT2D eigenvalue weighted by molar-refractivity contribution is -0.139. The van der Waals surface area contributed by atoms with Gasteiger partial charge in [0.25, 0.3) is 5.91 Å². The molecule has 0 spiro atoms. The van der Waals surface area contributed by atoms with Crippen molar-refractivity contribution in [2.24, 2.45) is 5.92 Å². The van der Waals surface area contributed by atoms with E-state index in [2.05, 4.69) is 12.2 Å². The summed E-state index contributed by atoms with van der Waals surface area (Å²) in [5.74, 6) is -0.832. The van der Waals surface area contributed by atoms with Crippen LogP contribution in [0.5, 0.6) is 0 Å². The Labute approximate surface area is 121 Å². The number of aliphatic hydroxyl groups excluding tert-OH is 1. The van der Waals surface area contributed by atoms with Crippen molar-refractivity contribution < 1.29 is 19.8 Å². The van der Waals surface area contributed by atoms with E-state index in [4.69, 9.17) is 10.2 Å². The Balaban J connectivity index is 2.12. The Hall–Kier alpha value is -1.40. The van der Waals surface area contributed by atoms with Gasteiger partial charge >= 0.3 is 5.97 Å². The monoisotopic (exact) mass is 297 g/mol. The quantitative estimate of drug-likeness (QED) is 0.767. The summed E-state index contributed by atoms with van der Waals surface area (Å²) in [6.07, 6.45) is 2.94. The van der Waals surface area contributed by atoms with Crippen LogP contribution < -0.4 is 5.32 Å². The summed E-state index contributed by atoms with van der Waals surface area (Å²) in [6.45, 7) is 1.93. The van der Waals surface area contributed by atoms with Crippen LogP contribution in [-0.2, 0) is 17.6 Å². The summed E-state index contributed by atoms with van der Waals surface area (Å²) in [7, 11) is 0. The number of thiophene rings is 1. The van der Waals surface area contributed by atoms with Crippen LogP contribution in [0, 0.1) is 5.92 Å². The van der Waals surface area contributed by atoms with Gasteiger partial charge in [-0.1, -0.05) is 6.92 Å². The third-order valence-corrected chi connectivity index (χ3v) is 4.72. The second-order valence-electron chi connectivity index (χ2n) is 5.28. The van der Waals surface area contributed by atoms with Crippen LogP contribution in [0.3, 0.4) is 0 Å². The van der Waals surface area contributed by atoms with E-state index in [1.807, 2.05) is 5.38 Å². The van der Waals surface area contributed by atoms with Crippen LogP contribution in [0.25, 0.3) is 0 Å². The second kappa shape index (κ2) is 6.37. The molecule has 6 heteroatoms. The molecule has 2 unspecified atom stereocenters. The zero-order valence-electron chi connectivity index (χ0n) is 11.4. The molecule has 0 saturated heterocycles. The Morgan fingerprint density at radius 3 is 2.95 bits per heavy atom. The van der Waals surface area contributed by atoms with Gasteiger partial charge in [0.2, 0.25) is 0 Å². The van der Waals surface area contributed by atoms with Gasteiger partial charge in [-0.3, -0.25) is 4.79 Å². The first-order valence-corrected chi connectivity index (χ1v) is 7.64. The lowest BCUT2D eigenvalue weighted by Crippen LogP contribution is -2.41. The number of hydrogen-bond acceptors (Lipinski definition) is 4. The first-order chi connectivity index (χ1) is 9.52. The first kappa shape index (κ1) is 15.0. The maximum absolute atomic E-state index is 12.2. The van der Waals surface area contributed by atoms with Gasteiger partial charge in [0, 0.05) is 23.3 Å². The number of carboxylic acids is 1. The van der Waals surface area contributed by atoms with Gasteiger partial charge in [-0.25, -0.2) is 4.79 Å². The number of amides is 1. The van der Waals surface area contributed by atoms with Crippen molar-refractivity contribution in [3.8, 4) is 0 Å². The smallest absolute Gasteiger partial charge is 0.326 e. The molecule has 1 amide bonds. The number of carboxylic acid groups (broad SMARTS) is 1. The highest BCUT2D eigenvalue weighted by atomic mass is 32.1. The minimum Gasteiger partial charge on any atom is -0.480 e. The molecule has 0 radical (unpaired) electrons. The van der Waals surface area contributed by atoms with E-state index in [0.29, 0.717) is 11.5 Å². The maximum Gasteiger partial charge on any atom is 0.326 e. The summed E-state index contributed by atoms with van der Waals surface area (Å²) in [6, 6.07) is -1.04.